The van der Waals surface area contributed by atoms with Gasteiger partial charge in [-0.15, -0.1) is 0 Å². The van der Waals surface area contributed by atoms with Gasteiger partial charge < -0.3 is 9.80 Å². The van der Waals surface area contributed by atoms with Gasteiger partial charge in [-0.05, 0) is 105 Å². The third-order valence-corrected chi connectivity index (χ3v) is 20.3. The molecule has 105 heavy (non-hydrogen) atoms. The number of imide groups is 5. The number of hydrogen-bond donors (Lipinski definition) is 2. The lowest BCUT2D eigenvalue weighted by Crippen LogP contribution is -2.54. The molecular weight excluding hydrogens is 1420 g/mol. The quantitative estimate of drug-likeness (QED) is 0.0939. The van der Waals surface area contributed by atoms with Crippen molar-refractivity contribution in [3.05, 3.63) is 176 Å². The summed E-state index contributed by atoms with van der Waals surface area (Å²) in [5.41, 5.74) is 8.87. The first kappa shape index (κ1) is 80.8. The predicted octanol–water partition coefficient (Wildman–Crippen LogP) is 9.88. The number of hydrogen-bond acceptors (Lipinski definition) is 19. The molecule has 3 aliphatic carbocycles. The minimum atomic E-state index is -0.902. The van der Waals surface area contributed by atoms with E-state index in [-0.39, 0.29) is 128 Å². The van der Waals surface area contributed by atoms with Gasteiger partial charge in [-0.1, -0.05) is 180 Å². The van der Waals surface area contributed by atoms with Gasteiger partial charge in [-0.3, -0.25) is 97.3 Å². The Hall–Kier alpha value is -9.89. The number of Topliss-reactive ketones (excluding diaryl/α,β-unsaturated/α-hetero) is 4. The van der Waals surface area contributed by atoms with E-state index < -0.39 is 41.9 Å². The van der Waals surface area contributed by atoms with Gasteiger partial charge in [-0.25, -0.2) is 0 Å². The number of nitrogens with one attached hydrogen (secondary N) is 2. The first-order valence-electron chi connectivity index (χ1n) is 35.3. The van der Waals surface area contributed by atoms with E-state index in [1.54, 1.807) is 76.5 Å². The number of fused-ring (bicyclic) bond motifs is 5. The summed E-state index contributed by atoms with van der Waals surface area (Å²) in [6, 6.07) is 29.9. The number of nitrogens with zero attached hydrogens (tertiary/aromatic N) is 5. The van der Waals surface area contributed by atoms with Gasteiger partial charge in [0.1, 0.15) is 28.6 Å². The predicted molar refractivity (Wildman–Crippen MR) is 406 cm³/mol. The fourth-order valence-corrected chi connectivity index (χ4v) is 15.3. The lowest BCUT2D eigenvalue weighted by molar-refractivity contribution is -0.138. The summed E-state index contributed by atoms with van der Waals surface area (Å²) in [6.45, 7) is 16.2. The fraction of sp³-hybridized carbons (Fsp3) is 0.380. The zero-order chi connectivity index (χ0) is 76.8. The van der Waals surface area contributed by atoms with Crippen LogP contribution in [0.1, 0.15) is 216 Å². The van der Waals surface area contributed by atoms with Crippen LogP contribution in [0.5, 0.6) is 0 Å². The second-order valence-corrected chi connectivity index (χ2v) is 27.4. The Labute approximate surface area is 630 Å². The molecule has 0 radical (unpaired) electrons. The Morgan fingerprint density at radius 2 is 0.771 bits per heavy atom. The van der Waals surface area contributed by atoms with Gasteiger partial charge in [0.2, 0.25) is 35.4 Å². The van der Waals surface area contributed by atoms with Gasteiger partial charge in [0.25, 0.3) is 29.5 Å². The van der Waals surface area contributed by atoms with Crippen molar-refractivity contribution in [1.82, 2.24) is 35.1 Å². The summed E-state index contributed by atoms with van der Waals surface area (Å²) in [5.74, 6) is -3.91. The highest BCUT2D eigenvalue weighted by molar-refractivity contribution is 7.82. The van der Waals surface area contributed by atoms with Crippen LogP contribution in [0, 0.1) is 13.8 Å². The van der Waals surface area contributed by atoms with Gasteiger partial charge in [0.05, 0.1) is 53.5 Å². The third-order valence-electron chi connectivity index (χ3n) is 18.8. The molecule has 5 fully saturated rings. The molecule has 26 heteroatoms. The number of carbonyl (C=O) groups excluding carboxylic acids is 15. The molecule has 5 aromatic carbocycles. The first-order valence-corrected chi connectivity index (χ1v) is 36.9. The van der Waals surface area contributed by atoms with Crippen molar-refractivity contribution < 1.29 is 71.9 Å². The van der Waals surface area contributed by atoms with Crippen LogP contribution in [0.15, 0.2) is 109 Å². The number of rotatable bonds is 5. The smallest absolute Gasteiger partial charge is 0.262 e. The maximum Gasteiger partial charge on any atom is 0.262 e. The number of aryl methyl sites for hydroxylation is 2. The number of piperidine rings is 2. The zero-order valence-electron chi connectivity index (χ0n) is 59.8. The van der Waals surface area contributed by atoms with Crippen molar-refractivity contribution in [2.45, 2.75) is 195 Å². The number of carbonyl (C=O) groups is 15. The van der Waals surface area contributed by atoms with Crippen molar-refractivity contribution >= 4 is 157 Å². The van der Waals surface area contributed by atoms with Crippen LogP contribution in [-0.2, 0) is 73.8 Å². The Morgan fingerprint density at radius 3 is 1.30 bits per heavy atom. The van der Waals surface area contributed by atoms with Crippen molar-refractivity contribution in [1.29, 1.82) is 0 Å². The number of thiocarbonyl (C=S) groups is 4. The largest absolute Gasteiger partial charge is 0.322 e. The molecule has 3 saturated carbocycles. The summed E-state index contributed by atoms with van der Waals surface area (Å²) in [4.78, 5) is 188. The van der Waals surface area contributed by atoms with Crippen molar-refractivity contribution in [3.63, 3.8) is 0 Å². The highest BCUT2D eigenvalue weighted by Gasteiger charge is 2.47. The highest BCUT2D eigenvalue weighted by atomic mass is 32.1. The normalized spacial score (nSPS) is 21.6. The van der Waals surface area contributed by atoms with E-state index >= 15 is 0 Å². The molecule has 5 aromatic rings. The Kier molecular flexibility index (Phi) is 27.9. The van der Waals surface area contributed by atoms with Crippen LogP contribution in [0.3, 0.4) is 0 Å². The van der Waals surface area contributed by atoms with Crippen LogP contribution in [0.2, 0.25) is 0 Å². The molecule has 22 nitrogen and oxygen atoms in total. The maximum atomic E-state index is 12.5. The van der Waals surface area contributed by atoms with Gasteiger partial charge >= 0.3 is 0 Å². The maximum absolute atomic E-state index is 12.5. The standard InChI is InChI=1S/2C15H13NO3S.C15H13NO2S2.C14H12N2O4.C14H14N2O3.3C2H6/c17-13-8-10(20)5-6-12(13)16-14(18)7-9-3-1-2-4-11(9)15(16)19;17-10-5-6-12(13(20)8-10)16-14(18)7-9-3-1-2-4-11(9)15(16)19;17-10-5-6-12(13(18)8-10)16-14(19)7-9-3-1-2-4-11(9)15(16)20;1-7-2-3-8-9(6-7)14(20)16(13(8)19)10-4-5-11(17)15-12(10)18;1-8-2-3-10-9(6-8)7-16(14(10)19)11-4-5-12(17)15-13(11)18;3*1-2/h3*1-4,12H,5-8H2;2-3,6,10H,4-5H2,1H3,(H,15,17,18);2-3,6,11H,4-5,7H2,1H3,(H,15,17,18);3*1-2H3/t;;;10-;;;;/m...1..../s1. The number of amides is 11. The van der Waals surface area contributed by atoms with E-state index in [4.69, 9.17) is 48.9 Å². The Bertz CT molecular complexity index is 4200. The van der Waals surface area contributed by atoms with E-state index in [9.17, 15) is 71.9 Å². The minimum Gasteiger partial charge on any atom is -0.322 e. The average Bonchev–Trinajstić information content (AvgIpc) is 1.77. The van der Waals surface area contributed by atoms with Crippen molar-refractivity contribution in [3.8, 4) is 0 Å². The lowest BCUT2D eigenvalue weighted by Gasteiger charge is -2.38. The molecule has 0 bridgehead atoms. The first-order chi connectivity index (χ1) is 50.3. The number of benzene rings is 5. The van der Waals surface area contributed by atoms with Crippen LogP contribution < -0.4 is 10.6 Å². The average molecular weight is 1500 g/mol. The zero-order valence-corrected chi connectivity index (χ0v) is 63.1. The summed E-state index contributed by atoms with van der Waals surface area (Å²) >= 11 is 21.2. The molecule has 7 aliphatic heterocycles. The molecule has 10 aliphatic rings. The van der Waals surface area contributed by atoms with E-state index in [1.807, 2.05) is 97.9 Å². The monoisotopic (exact) mass is 1500 g/mol. The fourth-order valence-electron chi connectivity index (χ4n) is 13.8. The minimum absolute atomic E-state index is 0.00798. The van der Waals surface area contributed by atoms with Crippen LogP contribution in [0.25, 0.3) is 0 Å². The third kappa shape index (κ3) is 18.1. The summed E-state index contributed by atoms with van der Waals surface area (Å²) in [5, 5.41) is 4.45. The topological polar surface area (TPSA) is 296 Å². The molecule has 0 spiro atoms. The molecule has 2 saturated heterocycles. The molecular formula is C79H83N7O15S4. The van der Waals surface area contributed by atoms with Crippen molar-refractivity contribution in [2.75, 3.05) is 0 Å². The number of ketones is 4. The van der Waals surface area contributed by atoms with E-state index in [0.29, 0.717) is 105 Å². The Morgan fingerprint density at radius 1 is 0.352 bits per heavy atom. The van der Waals surface area contributed by atoms with Crippen molar-refractivity contribution in [2.24, 2.45) is 0 Å². The van der Waals surface area contributed by atoms with Crippen LogP contribution >= 0.6 is 48.9 Å². The Balaban J connectivity index is 0.000000163. The second-order valence-electron chi connectivity index (χ2n) is 25.5. The van der Waals surface area contributed by atoms with Crippen LogP contribution in [-0.4, -0.2) is 163 Å². The summed E-state index contributed by atoms with van der Waals surface area (Å²) < 4.78 is 0. The molecule has 0 aromatic heterocycles. The van der Waals surface area contributed by atoms with E-state index in [0.717, 1.165) is 48.7 Å². The van der Waals surface area contributed by atoms with Gasteiger partial charge in [0, 0.05) is 83.5 Å². The highest BCUT2D eigenvalue weighted by Crippen LogP contribution is 2.33. The molecule has 7 heterocycles. The van der Waals surface area contributed by atoms with Crippen LogP contribution in [0.4, 0.5) is 0 Å². The van der Waals surface area contributed by atoms with E-state index in [1.165, 1.54) is 4.90 Å². The molecule has 2 N–H and O–H groups in total. The molecule has 4 unspecified atom stereocenters. The molecule has 11 amide bonds. The van der Waals surface area contributed by atoms with E-state index in [2.05, 4.69) is 10.6 Å². The molecule has 15 rings (SSSR count). The summed E-state index contributed by atoms with van der Waals surface area (Å²) in [7, 11) is 0. The van der Waals surface area contributed by atoms with Gasteiger partial charge in [0.15, 0.2) is 11.6 Å². The SMILES string of the molecule is CC.CC.CC.Cc1ccc2c(c1)C(=O)N([C@@H]1CCC(=O)NC1=O)C2=O.Cc1ccc2c(c1)CN(C1CCC(=O)NC1=O)C2=O.O=C1CC(=S)CCC1N1C(=O)Cc2ccccc2C1=O.O=C1CCC(N2C(=O)Cc3ccccc3C2=O)C(=S)C1.O=C1CCC(N2C(=S)Cc3ccccc3C2=S)C(=O)C1. The van der Waals surface area contributed by atoms with Gasteiger partial charge in [-0.2, -0.15) is 0 Å². The molecule has 5 atom stereocenters. The lowest BCUT2D eigenvalue weighted by atomic mass is 9.89. The summed E-state index contributed by atoms with van der Waals surface area (Å²) in [6.07, 6.45) is 5.26. The molecule has 548 valence electrons. The second kappa shape index (κ2) is 36.2.